The minimum absolute atomic E-state index is 0.0651. The molecule has 0 atom stereocenters. The predicted molar refractivity (Wildman–Crippen MR) is 103 cm³/mol. The van der Waals surface area contributed by atoms with Crippen LogP contribution in [0, 0.1) is 13.8 Å². The minimum atomic E-state index is -0.379. The first-order chi connectivity index (χ1) is 12.8. The molecule has 6 nitrogen and oxygen atoms in total. The van der Waals surface area contributed by atoms with E-state index in [2.05, 4.69) is 4.57 Å². The molecule has 0 saturated carbocycles. The molecule has 0 aliphatic rings. The van der Waals surface area contributed by atoms with E-state index in [9.17, 15) is 9.59 Å². The van der Waals surface area contributed by atoms with Gasteiger partial charge in [-0.25, -0.2) is 4.79 Å². The number of esters is 1. The number of nitrogens with zero attached hydrogens (tertiary/aromatic N) is 1. The van der Waals surface area contributed by atoms with Gasteiger partial charge >= 0.3 is 5.97 Å². The van der Waals surface area contributed by atoms with Gasteiger partial charge in [-0.05, 0) is 58.0 Å². The van der Waals surface area contributed by atoms with Crippen LogP contribution in [0.1, 0.15) is 46.0 Å². The summed E-state index contributed by atoms with van der Waals surface area (Å²) in [6.07, 6.45) is -0.172. The second kappa shape index (κ2) is 9.37. The quantitative estimate of drug-likeness (QED) is 0.496. The summed E-state index contributed by atoms with van der Waals surface area (Å²) in [5.41, 5.74) is 3.02. The molecule has 1 heterocycles. The largest absolute Gasteiger partial charge is 0.485 e. The number of methoxy groups -OCH3 is 1. The fourth-order valence-corrected chi connectivity index (χ4v) is 2.81. The second-order valence-corrected chi connectivity index (χ2v) is 6.62. The maximum Gasteiger partial charge on any atom is 0.338 e. The van der Waals surface area contributed by atoms with Gasteiger partial charge < -0.3 is 18.8 Å². The van der Waals surface area contributed by atoms with Crippen LogP contribution in [-0.4, -0.2) is 42.7 Å². The normalized spacial score (nSPS) is 10.9. The van der Waals surface area contributed by atoms with E-state index in [1.165, 1.54) is 0 Å². The third-order valence-electron chi connectivity index (χ3n) is 4.20. The van der Waals surface area contributed by atoms with Crippen LogP contribution < -0.4 is 4.74 Å². The fourth-order valence-electron chi connectivity index (χ4n) is 2.81. The molecule has 0 bridgehead atoms. The van der Waals surface area contributed by atoms with Crippen molar-refractivity contribution in [2.75, 3.05) is 20.3 Å². The standard InChI is InChI=1S/C21H27NO5/c1-14(2)27-21(24)17-6-8-18(9-7-17)26-13-20(23)19-12-15(3)22(16(19)4)10-11-25-5/h6-9,12,14H,10-11,13H2,1-5H3. The zero-order chi connectivity index (χ0) is 20.0. The lowest BCUT2D eigenvalue weighted by molar-refractivity contribution is 0.0377. The number of hydrogen-bond acceptors (Lipinski definition) is 5. The Bertz CT molecular complexity index is 790. The van der Waals surface area contributed by atoms with Crippen LogP contribution in [0.2, 0.25) is 0 Å². The molecule has 0 aliphatic heterocycles. The maximum atomic E-state index is 12.5. The number of ketones is 1. The molecule has 0 radical (unpaired) electrons. The number of Topliss-reactive ketones (excluding diaryl/α,β-unsaturated/α-hetero) is 1. The van der Waals surface area contributed by atoms with Crippen molar-refractivity contribution in [3.8, 4) is 5.75 Å². The monoisotopic (exact) mass is 373 g/mol. The SMILES string of the molecule is COCCn1c(C)cc(C(=O)COc2ccc(C(=O)OC(C)C)cc2)c1C. The van der Waals surface area contributed by atoms with E-state index >= 15 is 0 Å². The molecule has 2 aromatic rings. The summed E-state index contributed by atoms with van der Waals surface area (Å²) in [5.74, 6) is 0.0591. The van der Waals surface area contributed by atoms with Crippen LogP contribution in [0.3, 0.4) is 0 Å². The number of aromatic nitrogens is 1. The summed E-state index contributed by atoms with van der Waals surface area (Å²) < 4.78 is 17.9. The molecule has 0 saturated heterocycles. The Balaban J connectivity index is 1.98. The number of hydrogen-bond donors (Lipinski definition) is 0. The highest BCUT2D eigenvalue weighted by Gasteiger charge is 2.16. The minimum Gasteiger partial charge on any atom is -0.485 e. The highest BCUT2D eigenvalue weighted by molar-refractivity contribution is 5.98. The molecule has 1 aromatic carbocycles. The molecule has 0 fully saturated rings. The number of carbonyl (C=O) groups is 2. The molecule has 0 aliphatic carbocycles. The van der Waals surface area contributed by atoms with Gasteiger partial charge in [-0.3, -0.25) is 4.79 Å². The van der Waals surface area contributed by atoms with E-state index in [1.807, 2.05) is 19.9 Å². The summed E-state index contributed by atoms with van der Waals surface area (Å²) in [5, 5.41) is 0. The van der Waals surface area contributed by atoms with Crippen LogP contribution >= 0.6 is 0 Å². The Morgan fingerprint density at radius 1 is 1.11 bits per heavy atom. The molecule has 27 heavy (non-hydrogen) atoms. The van der Waals surface area contributed by atoms with Gasteiger partial charge in [0.05, 0.1) is 18.3 Å². The van der Waals surface area contributed by atoms with Crippen molar-refractivity contribution < 1.29 is 23.8 Å². The Morgan fingerprint density at radius 3 is 2.37 bits per heavy atom. The Kier molecular flexibility index (Phi) is 7.19. The van der Waals surface area contributed by atoms with Gasteiger partial charge in [0, 0.05) is 30.6 Å². The number of aryl methyl sites for hydroxylation is 1. The highest BCUT2D eigenvalue weighted by Crippen LogP contribution is 2.18. The van der Waals surface area contributed by atoms with Crippen molar-refractivity contribution in [1.82, 2.24) is 4.57 Å². The van der Waals surface area contributed by atoms with E-state index in [0.717, 1.165) is 11.4 Å². The van der Waals surface area contributed by atoms with Crippen molar-refractivity contribution in [2.45, 2.75) is 40.3 Å². The number of ether oxygens (including phenoxy) is 3. The third-order valence-corrected chi connectivity index (χ3v) is 4.20. The molecule has 2 rings (SSSR count). The van der Waals surface area contributed by atoms with E-state index in [0.29, 0.717) is 30.0 Å². The van der Waals surface area contributed by atoms with Crippen molar-refractivity contribution in [3.63, 3.8) is 0 Å². The molecule has 0 spiro atoms. The average Bonchev–Trinajstić information content (AvgIpc) is 2.92. The topological polar surface area (TPSA) is 66.8 Å². The zero-order valence-electron chi connectivity index (χ0n) is 16.6. The summed E-state index contributed by atoms with van der Waals surface area (Å²) >= 11 is 0. The van der Waals surface area contributed by atoms with Crippen LogP contribution in [0.5, 0.6) is 5.75 Å². The maximum absolute atomic E-state index is 12.5. The molecule has 6 heteroatoms. The van der Waals surface area contributed by atoms with Crippen molar-refractivity contribution >= 4 is 11.8 Å². The second-order valence-electron chi connectivity index (χ2n) is 6.62. The van der Waals surface area contributed by atoms with E-state index in [-0.39, 0.29) is 24.5 Å². The molecule has 0 unspecified atom stereocenters. The van der Waals surface area contributed by atoms with E-state index in [4.69, 9.17) is 14.2 Å². The highest BCUT2D eigenvalue weighted by atomic mass is 16.5. The lowest BCUT2D eigenvalue weighted by Crippen LogP contribution is -2.14. The smallest absolute Gasteiger partial charge is 0.338 e. The predicted octanol–water partition coefficient (Wildman–Crippen LogP) is 3.58. The first-order valence-corrected chi connectivity index (χ1v) is 8.96. The Hall–Kier alpha value is -2.60. The van der Waals surface area contributed by atoms with Gasteiger partial charge in [0.25, 0.3) is 0 Å². The molecule has 0 N–H and O–H groups in total. The zero-order valence-corrected chi connectivity index (χ0v) is 16.6. The summed E-state index contributed by atoms with van der Waals surface area (Å²) in [4.78, 5) is 24.4. The molecule has 146 valence electrons. The van der Waals surface area contributed by atoms with Crippen LogP contribution in [0.15, 0.2) is 30.3 Å². The lowest BCUT2D eigenvalue weighted by Gasteiger charge is -2.10. The van der Waals surface area contributed by atoms with Crippen molar-refractivity contribution in [2.24, 2.45) is 0 Å². The Labute approximate surface area is 160 Å². The number of rotatable bonds is 9. The first kappa shape index (κ1) is 20.7. The van der Waals surface area contributed by atoms with Crippen molar-refractivity contribution in [1.29, 1.82) is 0 Å². The Morgan fingerprint density at radius 2 is 1.78 bits per heavy atom. The van der Waals surface area contributed by atoms with Crippen LogP contribution in [0.4, 0.5) is 0 Å². The van der Waals surface area contributed by atoms with E-state index in [1.54, 1.807) is 45.2 Å². The third kappa shape index (κ3) is 5.44. The molecule has 0 amide bonds. The molecule has 1 aromatic heterocycles. The molecular formula is C21H27NO5. The van der Waals surface area contributed by atoms with Crippen molar-refractivity contribution in [3.05, 3.63) is 52.8 Å². The van der Waals surface area contributed by atoms with Gasteiger partial charge in [-0.1, -0.05) is 0 Å². The summed E-state index contributed by atoms with van der Waals surface area (Å²) in [6.45, 7) is 8.72. The van der Waals surface area contributed by atoms with Gasteiger partial charge in [0.2, 0.25) is 5.78 Å². The van der Waals surface area contributed by atoms with Gasteiger partial charge in [-0.2, -0.15) is 0 Å². The summed E-state index contributed by atoms with van der Waals surface area (Å²) in [6, 6.07) is 8.45. The van der Waals surface area contributed by atoms with Crippen LogP contribution in [-0.2, 0) is 16.0 Å². The molecular weight excluding hydrogens is 346 g/mol. The average molecular weight is 373 g/mol. The fraction of sp³-hybridized carbons (Fsp3) is 0.429. The number of carbonyl (C=O) groups excluding carboxylic acids is 2. The number of benzene rings is 1. The summed E-state index contributed by atoms with van der Waals surface area (Å²) in [7, 11) is 1.65. The van der Waals surface area contributed by atoms with E-state index < -0.39 is 0 Å². The lowest BCUT2D eigenvalue weighted by atomic mass is 10.1. The first-order valence-electron chi connectivity index (χ1n) is 8.96. The van der Waals surface area contributed by atoms with Crippen LogP contribution in [0.25, 0.3) is 0 Å². The van der Waals surface area contributed by atoms with Gasteiger partial charge in [-0.15, -0.1) is 0 Å². The van der Waals surface area contributed by atoms with Gasteiger partial charge in [0.15, 0.2) is 6.61 Å². The van der Waals surface area contributed by atoms with Gasteiger partial charge in [0.1, 0.15) is 5.75 Å².